The zero-order chi connectivity index (χ0) is 23.5. The van der Waals surface area contributed by atoms with E-state index in [1.54, 1.807) is 30.3 Å². The Morgan fingerprint density at radius 2 is 1.75 bits per heavy atom. The van der Waals surface area contributed by atoms with Crippen molar-refractivity contribution in [2.24, 2.45) is 5.10 Å². The zero-order valence-electron chi connectivity index (χ0n) is 16.9. The molecule has 0 bridgehead atoms. The summed E-state index contributed by atoms with van der Waals surface area (Å²) in [6, 6.07) is 14.1. The lowest BCUT2D eigenvalue weighted by atomic mass is 10.1. The molecule has 0 aliphatic rings. The van der Waals surface area contributed by atoms with Gasteiger partial charge < -0.3 is 0 Å². The third-order valence-electron chi connectivity index (χ3n) is 4.27. The number of rotatable bonds is 6. The molecule has 0 fully saturated rings. The molecule has 2 aromatic carbocycles. The Morgan fingerprint density at radius 3 is 2.34 bits per heavy atom. The highest BCUT2D eigenvalue weighted by molar-refractivity contribution is 7.91. The number of H-pyrrole nitrogens is 1. The first-order valence-electron chi connectivity index (χ1n) is 8.94. The number of hydrogen-bond donors (Lipinski definition) is 2. The normalized spacial score (nSPS) is 11.9. The van der Waals surface area contributed by atoms with Gasteiger partial charge in [0.25, 0.3) is 5.56 Å². The molecule has 2 N–H and O–H groups in total. The van der Waals surface area contributed by atoms with E-state index in [2.05, 4.69) is 20.5 Å². The third kappa shape index (κ3) is 5.08. The first-order chi connectivity index (χ1) is 15.0. The minimum absolute atomic E-state index is 0.0715. The van der Waals surface area contributed by atoms with Crippen LogP contribution in [0.25, 0.3) is 11.3 Å². The Labute approximate surface area is 184 Å². The van der Waals surface area contributed by atoms with Crippen LogP contribution in [0.2, 0.25) is 0 Å². The van der Waals surface area contributed by atoms with Crippen LogP contribution in [0, 0.1) is 11.3 Å². The Morgan fingerprint density at radius 1 is 1.06 bits per heavy atom. The van der Waals surface area contributed by atoms with Gasteiger partial charge in [-0.15, -0.1) is 0 Å². The summed E-state index contributed by atoms with van der Waals surface area (Å²) < 4.78 is 47.7. The molecule has 0 saturated heterocycles. The maximum Gasteiger partial charge on any atom is 0.270 e. The van der Waals surface area contributed by atoms with Crippen molar-refractivity contribution in [3.63, 3.8) is 0 Å². The molecule has 0 spiro atoms. The maximum atomic E-state index is 12.3. The lowest BCUT2D eigenvalue weighted by Gasteiger charge is -2.07. The third-order valence-corrected chi connectivity index (χ3v) is 6.53. The van der Waals surface area contributed by atoms with Gasteiger partial charge in [-0.3, -0.25) is 9.78 Å². The van der Waals surface area contributed by atoms with Crippen LogP contribution in [-0.4, -0.2) is 45.5 Å². The van der Waals surface area contributed by atoms with Crippen molar-refractivity contribution < 1.29 is 16.8 Å². The van der Waals surface area contributed by atoms with Crippen LogP contribution in [-0.2, 0) is 19.7 Å². The molecule has 0 radical (unpaired) electrons. The number of hydrazone groups is 1. The number of hydrogen-bond acceptors (Lipinski definition) is 9. The van der Waals surface area contributed by atoms with Gasteiger partial charge in [0.05, 0.1) is 21.7 Å². The van der Waals surface area contributed by atoms with E-state index < -0.39 is 25.2 Å². The Bertz CT molecular complexity index is 1520. The molecule has 0 unspecified atom stereocenters. The van der Waals surface area contributed by atoms with E-state index in [-0.39, 0.29) is 32.6 Å². The van der Waals surface area contributed by atoms with E-state index >= 15 is 0 Å². The highest BCUT2D eigenvalue weighted by atomic mass is 32.2. The van der Waals surface area contributed by atoms with Gasteiger partial charge in [0.2, 0.25) is 5.95 Å². The highest BCUT2D eigenvalue weighted by Crippen LogP contribution is 2.21. The standard InChI is InChI=1S/C20H17N5O5S2/c1-31(27,28)15-9-8-14(17(10-15)32(2,29)30)12-22-25-20-23-18(13-6-4-3-5-7-13)16(11-21)19(26)24-20/h3-10,12H,1-2H3,(H2,23,24,25,26). The lowest BCUT2D eigenvalue weighted by molar-refractivity contribution is 0.600. The van der Waals surface area contributed by atoms with Crippen molar-refractivity contribution in [1.82, 2.24) is 9.97 Å². The smallest absolute Gasteiger partial charge is 0.270 e. The van der Waals surface area contributed by atoms with Crippen LogP contribution >= 0.6 is 0 Å². The summed E-state index contributed by atoms with van der Waals surface area (Å²) in [6.07, 6.45) is 3.08. The van der Waals surface area contributed by atoms with Crippen LogP contribution in [0.1, 0.15) is 11.1 Å². The fraction of sp³-hybridized carbons (Fsp3) is 0.100. The summed E-state index contributed by atoms with van der Waals surface area (Å²) in [7, 11) is -7.37. The Kier molecular flexibility index (Phi) is 6.24. The van der Waals surface area contributed by atoms with Crippen molar-refractivity contribution in [2.45, 2.75) is 9.79 Å². The first-order valence-corrected chi connectivity index (χ1v) is 12.7. The highest BCUT2D eigenvalue weighted by Gasteiger charge is 2.17. The van der Waals surface area contributed by atoms with Gasteiger partial charge in [-0.2, -0.15) is 10.4 Å². The Balaban J connectivity index is 1.99. The molecule has 0 atom stereocenters. The summed E-state index contributed by atoms with van der Waals surface area (Å²) in [6.45, 7) is 0. The van der Waals surface area contributed by atoms with E-state index in [0.29, 0.717) is 5.56 Å². The van der Waals surface area contributed by atoms with Crippen molar-refractivity contribution in [2.75, 3.05) is 17.9 Å². The van der Waals surface area contributed by atoms with Gasteiger partial charge in [0.15, 0.2) is 19.7 Å². The largest absolute Gasteiger partial charge is 0.290 e. The fourth-order valence-electron chi connectivity index (χ4n) is 2.77. The minimum atomic E-state index is -3.76. The summed E-state index contributed by atoms with van der Waals surface area (Å²) >= 11 is 0. The average Bonchev–Trinajstić information content (AvgIpc) is 2.72. The minimum Gasteiger partial charge on any atom is -0.290 e. The topological polar surface area (TPSA) is 162 Å². The SMILES string of the molecule is CS(=O)(=O)c1ccc(C=NNc2nc(-c3ccccc3)c(C#N)c(=O)[nH]2)c(S(C)(=O)=O)c1. The molecule has 3 rings (SSSR count). The van der Waals surface area contributed by atoms with Crippen LogP contribution in [0.15, 0.2) is 68.2 Å². The van der Waals surface area contributed by atoms with Crippen molar-refractivity contribution in [1.29, 1.82) is 5.26 Å². The number of nitrogens with zero attached hydrogens (tertiary/aromatic N) is 3. The second-order valence-corrected chi connectivity index (χ2v) is 10.7. The quantitative estimate of drug-likeness (QED) is 0.404. The van der Waals surface area contributed by atoms with Gasteiger partial charge in [-0.1, -0.05) is 36.4 Å². The van der Waals surface area contributed by atoms with Crippen molar-refractivity contribution >= 4 is 31.8 Å². The van der Waals surface area contributed by atoms with Gasteiger partial charge in [0, 0.05) is 23.6 Å². The van der Waals surface area contributed by atoms with E-state index in [1.165, 1.54) is 12.1 Å². The fourth-order valence-corrected chi connectivity index (χ4v) is 4.38. The number of nitrogens with one attached hydrogen (secondary N) is 2. The second kappa shape index (κ2) is 8.74. The van der Waals surface area contributed by atoms with E-state index in [0.717, 1.165) is 24.8 Å². The summed E-state index contributed by atoms with van der Waals surface area (Å²) in [4.78, 5) is 18.5. The van der Waals surface area contributed by atoms with Gasteiger partial charge in [0.1, 0.15) is 11.6 Å². The predicted octanol–water partition coefficient (Wildman–Crippen LogP) is 1.56. The molecule has 1 aromatic heterocycles. The molecule has 0 amide bonds. The lowest BCUT2D eigenvalue weighted by Crippen LogP contribution is -2.16. The molecule has 0 aliphatic carbocycles. The van der Waals surface area contributed by atoms with Crippen molar-refractivity contribution in [3.05, 3.63) is 70.0 Å². The zero-order valence-corrected chi connectivity index (χ0v) is 18.5. The number of benzene rings is 2. The maximum absolute atomic E-state index is 12.3. The molecule has 164 valence electrons. The molecule has 12 heteroatoms. The predicted molar refractivity (Wildman–Crippen MR) is 119 cm³/mol. The molecular weight excluding hydrogens is 454 g/mol. The van der Waals surface area contributed by atoms with E-state index in [4.69, 9.17) is 0 Å². The number of aromatic amines is 1. The van der Waals surface area contributed by atoms with Gasteiger partial charge in [-0.05, 0) is 12.1 Å². The number of nitriles is 1. The number of sulfone groups is 2. The molecule has 1 heterocycles. The molecule has 0 saturated carbocycles. The van der Waals surface area contributed by atoms with Gasteiger partial charge >= 0.3 is 0 Å². The number of anilines is 1. The van der Waals surface area contributed by atoms with E-state index in [9.17, 15) is 26.9 Å². The summed E-state index contributed by atoms with van der Waals surface area (Å²) in [5.74, 6) is -0.0715. The molecule has 32 heavy (non-hydrogen) atoms. The van der Waals surface area contributed by atoms with Crippen LogP contribution in [0.4, 0.5) is 5.95 Å². The summed E-state index contributed by atoms with van der Waals surface area (Å²) in [5.41, 5.74) is 2.50. The van der Waals surface area contributed by atoms with Crippen molar-refractivity contribution in [3.8, 4) is 17.3 Å². The molecule has 3 aromatic rings. The molecular formula is C20H17N5O5S2. The molecule has 0 aliphatic heterocycles. The van der Waals surface area contributed by atoms with Crippen LogP contribution < -0.4 is 11.0 Å². The van der Waals surface area contributed by atoms with Crippen LogP contribution in [0.3, 0.4) is 0 Å². The van der Waals surface area contributed by atoms with Gasteiger partial charge in [-0.25, -0.2) is 27.2 Å². The second-order valence-electron chi connectivity index (χ2n) is 6.73. The average molecular weight is 472 g/mol. The number of aromatic nitrogens is 2. The van der Waals surface area contributed by atoms with E-state index in [1.807, 2.05) is 6.07 Å². The summed E-state index contributed by atoms with van der Waals surface area (Å²) in [5, 5.41) is 13.2. The van der Waals surface area contributed by atoms with Crippen LogP contribution in [0.5, 0.6) is 0 Å². The molecule has 10 nitrogen and oxygen atoms in total. The monoisotopic (exact) mass is 471 g/mol. The Hall–Kier alpha value is -3.82. The first kappa shape index (κ1) is 22.9.